The molecule has 0 saturated heterocycles. The summed E-state index contributed by atoms with van der Waals surface area (Å²) in [4.78, 5) is 28.0. The Morgan fingerprint density at radius 3 is 2.65 bits per heavy atom. The maximum atomic E-state index is 15.6. The normalized spacial score (nSPS) is 23.8. The number of nitrogens with one attached hydrogen (secondary N) is 1. The van der Waals surface area contributed by atoms with E-state index in [9.17, 15) is 14.3 Å². The Hall–Kier alpha value is -3.34. The summed E-state index contributed by atoms with van der Waals surface area (Å²) in [7, 11) is 0. The largest absolute Gasteiger partial charge is 0.481 e. The number of hydrogen-bond donors (Lipinski definition) is 2. The second-order valence-corrected chi connectivity index (χ2v) is 9.74. The first-order chi connectivity index (χ1) is 16.3. The molecular formula is C26H26F2N4O2. The van der Waals surface area contributed by atoms with Gasteiger partial charge in [0.2, 0.25) is 0 Å². The summed E-state index contributed by atoms with van der Waals surface area (Å²) < 4.78 is 29.5. The minimum atomic E-state index is -0.813. The molecule has 2 bridgehead atoms. The van der Waals surface area contributed by atoms with Crippen LogP contribution in [-0.4, -0.2) is 31.0 Å². The molecule has 3 saturated carbocycles. The lowest BCUT2D eigenvalue weighted by atomic mass is 9.57. The lowest BCUT2D eigenvalue weighted by molar-refractivity contribution is -0.152. The van der Waals surface area contributed by atoms with Gasteiger partial charge in [-0.25, -0.2) is 23.7 Å². The van der Waals surface area contributed by atoms with Gasteiger partial charge in [0.05, 0.1) is 17.8 Å². The molecule has 3 heterocycles. The Morgan fingerprint density at radius 2 is 1.94 bits per heavy atom. The van der Waals surface area contributed by atoms with E-state index in [2.05, 4.69) is 31.8 Å². The Labute approximate surface area is 196 Å². The molecule has 34 heavy (non-hydrogen) atoms. The zero-order valence-corrected chi connectivity index (χ0v) is 19.1. The number of carbonyl (C=O) groups is 1. The van der Waals surface area contributed by atoms with Gasteiger partial charge in [-0.2, -0.15) is 0 Å². The topological polar surface area (TPSA) is 91.8 Å². The van der Waals surface area contributed by atoms with Crippen molar-refractivity contribution >= 4 is 17.0 Å². The van der Waals surface area contributed by atoms with E-state index in [1.807, 2.05) is 13.8 Å². The van der Waals surface area contributed by atoms with Crippen LogP contribution in [-0.2, 0) is 11.2 Å². The second kappa shape index (κ2) is 8.79. The molecule has 0 radical (unpaired) electrons. The number of aromatic amines is 1. The maximum Gasteiger partial charge on any atom is 0.307 e. The number of hydrogen-bond acceptors (Lipinski definition) is 4. The van der Waals surface area contributed by atoms with Crippen LogP contribution in [0.1, 0.15) is 50.9 Å². The van der Waals surface area contributed by atoms with Crippen molar-refractivity contribution in [3.8, 4) is 23.2 Å². The monoisotopic (exact) mass is 464 g/mol. The van der Waals surface area contributed by atoms with E-state index in [1.165, 1.54) is 6.07 Å². The highest BCUT2D eigenvalue weighted by atomic mass is 19.1. The van der Waals surface area contributed by atoms with Gasteiger partial charge in [0.15, 0.2) is 17.3 Å². The van der Waals surface area contributed by atoms with Crippen molar-refractivity contribution in [2.75, 3.05) is 0 Å². The first kappa shape index (κ1) is 22.5. The van der Waals surface area contributed by atoms with Crippen molar-refractivity contribution in [1.29, 1.82) is 0 Å². The first-order valence-electron chi connectivity index (χ1n) is 11.8. The van der Waals surface area contributed by atoms with E-state index in [1.54, 1.807) is 6.20 Å². The van der Waals surface area contributed by atoms with Gasteiger partial charge in [-0.3, -0.25) is 4.79 Å². The number of carboxylic acid groups (broad SMARTS) is 1. The maximum absolute atomic E-state index is 15.6. The fraction of sp³-hybridized carbons (Fsp3) is 0.462. The lowest BCUT2D eigenvalue weighted by Gasteiger charge is -2.46. The molecule has 0 aliphatic heterocycles. The molecule has 3 aliphatic carbocycles. The molecule has 6 nitrogen and oxygen atoms in total. The zero-order valence-electron chi connectivity index (χ0n) is 19.1. The first-order valence-corrected chi connectivity index (χ1v) is 11.8. The highest BCUT2D eigenvalue weighted by Crippen LogP contribution is 2.50. The Bertz CT molecular complexity index is 1320. The van der Waals surface area contributed by atoms with E-state index in [0.29, 0.717) is 16.6 Å². The summed E-state index contributed by atoms with van der Waals surface area (Å²) in [5.74, 6) is 3.77. The molecule has 3 aromatic rings. The van der Waals surface area contributed by atoms with Crippen LogP contribution < -0.4 is 0 Å². The smallest absolute Gasteiger partial charge is 0.307 e. The van der Waals surface area contributed by atoms with Crippen LogP contribution in [0, 0.1) is 53.1 Å². The fourth-order valence-electron chi connectivity index (χ4n) is 5.68. The van der Waals surface area contributed by atoms with Crippen LogP contribution in [0.3, 0.4) is 0 Å². The number of aromatic nitrogens is 4. The summed E-state index contributed by atoms with van der Waals surface area (Å²) >= 11 is 0. The zero-order chi connectivity index (χ0) is 24.0. The Balaban J connectivity index is 1.62. The molecule has 0 aromatic carbocycles. The summed E-state index contributed by atoms with van der Waals surface area (Å²) in [5, 5.41) is 10.4. The highest BCUT2D eigenvalue weighted by molar-refractivity contribution is 5.91. The molecule has 3 aliphatic rings. The van der Waals surface area contributed by atoms with Gasteiger partial charge in [0, 0.05) is 23.1 Å². The summed E-state index contributed by atoms with van der Waals surface area (Å²) in [6, 6.07) is 1.33. The fourth-order valence-corrected chi connectivity index (χ4v) is 5.68. The van der Waals surface area contributed by atoms with Gasteiger partial charge in [-0.15, -0.1) is 0 Å². The van der Waals surface area contributed by atoms with Gasteiger partial charge in [-0.1, -0.05) is 19.8 Å². The van der Waals surface area contributed by atoms with Gasteiger partial charge in [0.25, 0.3) is 0 Å². The predicted octanol–water partition coefficient (Wildman–Crippen LogP) is 4.99. The van der Waals surface area contributed by atoms with E-state index in [-0.39, 0.29) is 47.3 Å². The van der Waals surface area contributed by atoms with Crippen LogP contribution >= 0.6 is 0 Å². The van der Waals surface area contributed by atoms with Crippen LogP contribution in [0.4, 0.5) is 8.78 Å². The van der Waals surface area contributed by atoms with Crippen LogP contribution in [0.2, 0.25) is 0 Å². The van der Waals surface area contributed by atoms with Crippen LogP contribution in [0.5, 0.6) is 0 Å². The molecule has 3 fully saturated rings. The molecule has 2 atom stereocenters. The number of halogens is 2. The SMILES string of the molecule is CC(C)C#Cc1nc(-c2c[nH]c3ncc(F)cc23)nc(C[C@H]2C3CCC(CC3)[C@@H]2C(=O)O)c1F. The molecule has 176 valence electrons. The van der Waals surface area contributed by atoms with E-state index in [0.717, 1.165) is 31.9 Å². The molecule has 2 N–H and O–H groups in total. The van der Waals surface area contributed by atoms with Crippen LogP contribution in [0.15, 0.2) is 18.5 Å². The van der Waals surface area contributed by atoms with Crippen molar-refractivity contribution < 1.29 is 18.7 Å². The highest BCUT2D eigenvalue weighted by Gasteiger charge is 2.47. The third-order valence-electron chi connectivity index (χ3n) is 7.24. The molecular weight excluding hydrogens is 438 g/mol. The average molecular weight is 465 g/mol. The average Bonchev–Trinajstić information content (AvgIpc) is 3.23. The molecule has 0 amide bonds. The molecule has 0 spiro atoms. The number of rotatable bonds is 4. The molecule has 6 rings (SSSR count). The lowest BCUT2D eigenvalue weighted by Crippen LogP contribution is -2.45. The Morgan fingerprint density at radius 1 is 1.21 bits per heavy atom. The minimum absolute atomic E-state index is 0.0121. The number of nitrogens with zero attached hydrogens (tertiary/aromatic N) is 3. The number of H-pyrrole nitrogens is 1. The number of carboxylic acids is 1. The van der Waals surface area contributed by atoms with E-state index in [4.69, 9.17) is 0 Å². The van der Waals surface area contributed by atoms with Gasteiger partial charge >= 0.3 is 5.97 Å². The predicted molar refractivity (Wildman–Crippen MR) is 123 cm³/mol. The quantitative estimate of drug-likeness (QED) is 0.531. The van der Waals surface area contributed by atoms with E-state index >= 15 is 4.39 Å². The number of aliphatic carboxylic acids is 1. The number of fused-ring (bicyclic) bond motifs is 4. The Kier molecular flexibility index (Phi) is 5.80. The molecule has 8 heteroatoms. The molecule has 0 unspecified atom stereocenters. The minimum Gasteiger partial charge on any atom is -0.481 e. The van der Waals surface area contributed by atoms with Crippen molar-refractivity contribution in [1.82, 2.24) is 19.9 Å². The van der Waals surface area contributed by atoms with Gasteiger partial charge in [-0.05, 0) is 61.8 Å². The third kappa shape index (κ3) is 4.04. The van der Waals surface area contributed by atoms with Gasteiger partial charge in [0.1, 0.15) is 11.5 Å². The van der Waals surface area contributed by atoms with E-state index < -0.39 is 23.5 Å². The summed E-state index contributed by atoms with van der Waals surface area (Å²) in [5.41, 5.74) is 1.10. The van der Waals surface area contributed by atoms with Gasteiger partial charge < -0.3 is 10.1 Å². The summed E-state index contributed by atoms with van der Waals surface area (Å²) in [6.07, 6.45) is 6.70. The van der Waals surface area contributed by atoms with Crippen molar-refractivity contribution in [2.24, 2.45) is 29.6 Å². The summed E-state index contributed by atoms with van der Waals surface area (Å²) in [6.45, 7) is 3.80. The second-order valence-electron chi connectivity index (χ2n) is 9.74. The van der Waals surface area contributed by atoms with Crippen molar-refractivity contribution in [3.63, 3.8) is 0 Å². The number of pyridine rings is 1. The van der Waals surface area contributed by atoms with Crippen molar-refractivity contribution in [2.45, 2.75) is 46.0 Å². The molecule has 3 aromatic heterocycles. The third-order valence-corrected chi connectivity index (χ3v) is 7.24. The van der Waals surface area contributed by atoms with Crippen molar-refractivity contribution in [3.05, 3.63) is 41.5 Å². The standard InChI is InChI=1S/C26H26F2N4O2/c1-13(2)3-8-20-23(28)21(10-17-14-4-6-15(7-5-14)22(17)26(33)34)32-25(31-20)19-12-30-24-18(19)9-16(27)11-29-24/h9,11-15,17,22H,4-7,10H2,1-2H3,(H,29,30)(H,33,34)/t14?,15?,17-,22-/m0/s1. The van der Waals surface area contributed by atoms with Crippen LogP contribution in [0.25, 0.3) is 22.4 Å².